The van der Waals surface area contributed by atoms with Crippen LogP contribution < -0.4 is 5.32 Å². The summed E-state index contributed by atoms with van der Waals surface area (Å²) < 4.78 is 10.6. The summed E-state index contributed by atoms with van der Waals surface area (Å²) in [4.78, 5) is 25.1. The van der Waals surface area contributed by atoms with E-state index in [4.69, 9.17) is 9.47 Å². The molecule has 1 amide bonds. The van der Waals surface area contributed by atoms with E-state index in [1.807, 2.05) is 24.3 Å². The molecule has 2 rings (SSSR count). The minimum atomic E-state index is -1.13. The third-order valence-electron chi connectivity index (χ3n) is 4.04. The van der Waals surface area contributed by atoms with Gasteiger partial charge in [0.25, 0.3) is 0 Å². The fourth-order valence-electron chi connectivity index (χ4n) is 2.86. The van der Waals surface area contributed by atoms with Crippen LogP contribution >= 0.6 is 0 Å². The second kappa shape index (κ2) is 7.42. The second-order valence-corrected chi connectivity index (χ2v) is 5.54. The van der Waals surface area contributed by atoms with Crippen molar-refractivity contribution in [2.45, 2.75) is 38.3 Å². The summed E-state index contributed by atoms with van der Waals surface area (Å²) in [7, 11) is 0. The van der Waals surface area contributed by atoms with Crippen LogP contribution in [0.5, 0.6) is 0 Å². The van der Waals surface area contributed by atoms with Crippen LogP contribution in [0.2, 0.25) is 0 Å². The molecule has 0 fully saturated rings. The Labute approximate surface area is 136 Å². The van der Waals surface area contributed by atoms with Crippen LogP contribution in [0.3, 0.4) is 0 Å². The van der Waals surface area contributed by atoms with Gasteiger partial charge in [0.15, 0.2) is 5.54 Å². The summed E-state index contributed by atoms with van der Waals surface area (Å²) >= 11 is 0. The van der Waals surface area contributed by atoms with Gasteiger partial charge in [-0.25, -0.2) is 4.79 Å². The second-order valence-electron chi connectivity index (χ2n) is 5.54. The molecule has 0 spiro atoms. The van der Waals surface area contributed by atoms with E-state index < -0.39 is 17.6 Å². The lowest BCUT2D eigenvalue weighted by molar-refractivity contribution is -0.155. The van der Waals surface area contributed by atoms with Crippen molar-refractivity contribution >= 4 is 11.9 Å². The Hall–Kier alpha value is -2.14. The zero-order chi connectivity index (χ0) is 16.9. The van der Waals surface area contributed by atoms with Crippen LogP contribution in [-0.2, 0) is 31.0 Å². The SMILES string of the molecule is C=CCO[C@H](C)C(=O)N[C@]1(C(=O)OCC)CCc2ccccc21. The van der Waals surface area contributed by atoms with E-state index in [9.17, 15) is 9.59 Å². The van der Waals surface area contributed by atoms with Gasteiger partial charge in [0, 0.05) is 0 Å². The minimum absolute atomic E-state index is 0.265. The first-order valence-electron chi connectivity index (χ1n) is 7.85. The van der Waals surface area contributed by atoms with Crippen LogP contribution in [0.1, 0.15) is 31.4 Å². The van der Waals surface area contributed by atoms with Crippen LogP contribution in [0.25, 0.3) is 0 Å². The predicted molar refractivity (Wildman–Crippen MR) is 86.8 cm³/mol. The number of benzene rings is 1. The quantitative estimate of drug-likeness (QED) is 0.618. The van der Waals surface area contributed by atoms with Crippen LogP contribution in [-0.4, -0.2) is 31.2 Å². The molecule has 0 saturated heterocycles. The molecule has 0 radical (unpaired) electrons. The maximum absolute atomic E-state index is 12.6. The van der Waals surface area contributed by atoms with Gasteiger partial charge in [-0.2, -0.15) is 0 Å². The van der Waals surface area contributed by atoms with Crippen molar-refractivity contribution in [1.82, 2.24) is 5.32 Å². The molecule has 1 aromatic rings. The Bertz CT molecular complexity index is 598. The lowest BCUT2D eigenvalue weighted by Gasteiger charge is -2.30. The number of hydrogen-bond acceptors (Lipinski definition) is 4. The van der Waals surface area contributed by atoms with E-state index in [2.05, 4.69) is 11.9 Å². The normalized spacial score (nSPS) is 20.4. The van der Waals surface area contributed by atoms with E-state index in [-0.39, 0.29) is 19.1 Å². The molecule has 2 atom stereocenters. The Kier molecular flexibility index (Phi) is 5.55. The predicted octanol–water partition coefficient (Wildman–Crippen LogP) is 2.10. The maximum atomic E-state index is 12.6. The highest BCUT2D eigenvalue weighted by atomic mass is 16.5. The highest BCUT2D eigenvalue weighted by Crippen LogP contribution is 2.38. The molecule has 0 aromatic heterocycles. The molecule has 1 aliphatic carbocycles. The number of hydrogen-bond donors (Lipinski definition) is 1. The summed E-state index contributed by atoms with van der Waals surface area (Å²) in [6.45, 7) is 7.51. The number of carbonyl (C=O) groups excluding carboxylic acids is 2. The van der Waals surface area contributed by atoms with Crippen molar-refractivity contribution in [3.8, 4) is 0 Å². The monoisotopic (exact) mass is 317 g/mol. The summed E-state index contributed by atoms with van der Waals surface area (Å²) in [6, 6.07) is 7.63. The summed E-state index contributed by atoms with van der Waals surface area (Å²) in [6.07, 6.45) is 2.12. The van der Waals surface area contributed by atoms with Gasteiger partial charge in [0.2, 0.25) is 5.91 Å². The van der Waals surface area contributed by atoms with Crippen molar-refractivity contribution < 1.29 is 19.1 Å². The van der Waals surface area contributed by atoms with Gasteiger partial charge < -0.3 is 14.8 Å². The molecule has 124 valence electrons. The number of amides is 1. The lowest BCUT2D eigenvalue weighted by atomic mass is 9.91. The third-order valence-corrected chi connectivity index (χ3v) is 4.04. The van der Waals surface area contributed by atoms with Gasteiger partial charge in [-0.1, -0.05) is 30.3 Å². The van der Waals surface area contributed by atoms with E-state index in [1.165, 1.54) is 0 Å². The van der Waals surface area contributed by atoms with Crippen molar-refractivity contribution in [2.24, 2.45) is 0 Å². The van der Waals surface area contributed by atoms with E-state index in [0.717, 1.165) is 17.5 Å². The molecule has 1 aromatic carbocycles. The number of fused-ring (bicyclic) bond motifs is 1. The Morgan fingerprint density at radius 1 is 1.43 bits per heavy atom. The van der Waals surface area contributed by atoms with Gasteiger partial charge in [0.1, 0.15) is 6.10 Å². The summed E-state index contributed by atoms with van der Waals surface area (Å²) in [5.74, 6) is -0.758. The number of carbonyl (C=O) groups is 2. The van der Waals surface area contributed by atoms with Crippen LogP contribution in [0.4, 0.5) is 0 Å². The standard InChI is InChI=1S/C18H23NO4/c1-4-12-23-13(3)16(20)19-18(17(21)22-5-2)11-10-14-8-6-7-9-15(14)18/h4,6-9,13H,1,5,10-12H2,2-3H3,(H,19,20)/t13-,18-/m1/s1. The molecule has 5 heteroatoms. The van der Waals surface area contributed by atoms with Gasteiger partial charge in [-0.3, -0.25) is 4.79 Å². The molecule has 0 heterocycles. The number of ether oxygens (including phenoxy) is 2. The minimum Gasteiger partial charge on any atom is -0.464 e. The fourth-order valence-corrected chi connectivity index (χ4v) is 2.86. The van der Waals surface area contributed by atoms with Crippen molar-refractivity contribution in [2.75, 3.05) is 13.2 Å². The first-order valence-corrected chi connectivity index (χ1v) is 7.85. The van der Waals surface area contributed by atoms with Gasteiger partial charge >= 0.3 is 5.97 Å². The first kappa shape index (κ1) is 17.2. The van der Waals surface area contributed by atoms with Crippen LogP contribution in [0, 0.1) is 0 Å². The zero-order valence-electron chi connectivity index (χ0n) is 13.6. The van der Waals surface area contributed by atoms with E-state index in [1.54, 1.807) is 19.9 Å². The van der Waals surface area contributed by atoms with Crippen LogP contribution in [0.15, 0.2) is 36.9 Å². The summed E-state index contributed by atoms with van der Waals surface area (Å²) in [5.41, 5.74) is 0.735. The molecular formula is C18H23NO4. The van der Waals surface area contributed by atoms with Crippen molar-refractivity contribution in [3.63, 3.8) is 0 Å². The zero-order valence-corrected chi connectivity index (χ0v) is 13.6. The van der Waals surface area contributed by atoms with Gasteiger partial charge in [-0.15, -0.1) is 6.58 Å². The first-order chi connectivity index (χ1) is 11.0. The van der Waals surface area contributed by atoms with Crippen molar-refractivity contribution in [1.29, 1.82) is 0 Å². The lowest BCUT2D eigenvalue weighted by Crippen LogP contribution is -2.54. The molecular weight excluding hydrogens is 294 g/mol. The van der Waals surface area contributed by atoms with E-state index in [0.29, 0.717) is 6.42 Å². The average Bonchev–Trinajstić information content (AvgIpc) is 2.93. The summed E-state index contributed by atoms with van der Waals surface area (Å²) in [5, 5.41) is 2.87. The average molecular weight is 317 g/mol. The number of aryl methyl sites for hydroxylation is 1. The molecule has 0 bridgehead atoms. The maximum Gasteiger partial charge on any atom is 0.336 e. The Balaban J connectivity index is 2.28. The largest absolute Gasteiger partial charge is 0.464 e. The third kappa shape index (κ3) is 3.45. The molecule has 1 N–H and O–H groups in total. The van der Waals surface area contributed by atoms with Gasteiger partial charge in [-0.05, 0) is 37.8 Å². The molecule has 1 aliphatic rings. The molecule has 23 heavy (non-hydrogen) atoms. The topological polar surface area (TPSA) is 64.6 Å². The molecule has 0 aliphatic heterocycles. The molecule has 0 saturated carbocycles. The van der Waals surface area contributed by atoms with Gasteiger partial charge in [0.05, 0.1) is 13.2 Å². The Morgan fingerprint density at radius 2 is 2.17 bits per heavy atom. The van der Waals surface area contributed by atoms with E-state index >= 15 is 0 Å². The molecule has 0 unspecified atom stereocenters. The fraction of sp³-hybridized carbons (Fsp3) is 0.444. The number of nitrogens with one attached hydrogen (secondary N) is 1. The number of esters is 1. The molecule has 5 nitrogen and oxygen atoms in total. The highest BCUT2D eigenvalue weighted by molar-refractivity contribution is 5.91. The van der Waals surface area contributed by atoms with Crippen molar-refractivity contribution in [3.05, 3.63) is 48.0 Å². The highest BCUT2D eigenvalue weighted by Gasteiger charge is 2.48. The smallest absolute Gasteiger partial charge is 0.336 e. The number of rotatable bonds is 7. The Morgan fingerprint density at radius 3 is 2.87 bits per heavy atom.